The molecular weight excluding hydrogens is 360 g/mol. The van der Waals surface area contributed by atoms with Gasteiger partial charge in [0.25, 0.3) is 0 Å². The molecule has 134 valence electrons. The number of ether oxygens (including phenoxy) is 1. The van der Waals surface area contributed by atoms with Crippen molar-refractivity contribution in [1.82, 2.24) is 4.98 Å². The van der Waals surface area contributed by atoms with Crippen molar-refractivity contribution < 1.29 is 18.5 Å². The van der Waals surface area contributed by atoms with Crippen LogP contribution in [0.3, 0.4) is 0 Å². The second-order valence-corrected chi connectivity index (χ2v) is 7.64. The highest BCUT2D eigenvalue weighted by atomic mass is 32.2. The van der Waals surface area contributed by atoms with Crippen molar-refractivity contribution in [2.75, 3.05) is 17.2 Å². The summed E-state index contributed by atoms with van der Waals surface area (Å²) >= 11 is 1.32. The lowest BCUT2D eigenvalue weighted by molar-refractivity contribution is -0.116. The van der Waals surface area contributed by atoms with Crippen LogP contribution >= 0.6 is 11.3 Å². The lowest BCUT2D eigenvalue weighted by Gasteiger charge is -2.14. The fourth-order valence-electron chi connectivity index (χ4n) is 2.19. The first-order valence-corrected chi connectivity index (χ1v) is 10.0. The van der Waals surface area contributed by atoms with Gasteiger partial charge in [0.2, 0.25) is 5.91 Å². The highest BCUT2D eigenvalue weighted by Gasteiger charge is 2.17. The van der Waals surface area contributed by atoms with Crippen molar-refractivity contribution >= 4 is 39.1 Å². The summed E-state index contributed by atoms with van der Waals surface area (Å²) in [6.07, 6.45) is 0. The third-order valence-electron chi connectivity index (χ3n) is 3.43. The molecule has 0 aliphatic rings. The Hall–Kier alpha value is -2.06. The van der Waals surface area contributed by atoms with E-state index in [1.807, 2.05) is 6.92 Å². The number of benzene rings is 1. The molecular formula is C17H20N2O4S2. The number of esters is 1. The highest BCUT2D eigenvalue weighted by Crippen LogP contribution is 2.22. The number of hydrogen-bond acceptors (Lipinski definition) is 6. The maximum absolute atomic E-state index is 12.3. The van der Waals surface area contributed by atoms with Gasteiger partial charge in [0, 0.05) is 24.6 Å². The number of aromatic nitrogens is 1. The predicted octanol–water partition coefficient (Wildman–Crippen LogP) is 3.00. The number of thiazole rings is 1. The SMILES string of the molecule is CCN(C(C)=O)c1nc(COC(=O)c2ccccc2S(=O)CC)cs1. The molecule has 8 heteroatoms. The van der Waals surface area contributed by atoms with E-state index in [-0.39, 0.29) is 12.5 Å². The van der Waals surface area contributed by atoms with E-state index < -0.39 is 16.8 Å². The van der Waals surface area contributed by atoms with Gasteiger partial charge in [-0.2, -0.15) is 0 Å². The molecule has 1 aromatic heterocycles. The third kappa shape index (κ3) is 4.73. The second kappa shape index (κ2) is 8.87. The van der Waals surface area contributed by atoms with Crippen molar-refractivity contribution in [3.8, 4) is 0 Å². The molecule has 2 rings (SSSR count). The zero-order chi connectivity index (χ0) is 18.4. The summed E-state index contributed by atoms with van der Waals surface area (Å²) in [7, 11) is -1.24. The summed E-state index contributed by atoms with van der Waals surface area (Å²) in [5.41, 5.74) is 0.874. The number of carbonyl (C=O) groups excluding carboxylic acids is 2. The van der Waals surface area contributed by atoms with Crippen molar-refractivity contribution in [1.29, 1.82) is 0 Å². The molecule has 1 atom stereocenters. The Balaban J connectivity index is 2.08. The normalized spacial score (nSPS) is 11.8. The molecule has 0 fully saturated rings. The average molecular weight is 380 g/mol. The molecule has 0 aliphatic heterocycles. The Morgan fingerprint density at radius 3 is 2.64 bits per heavy atom. The van der Waals surface area contributed by atoms with Crippen LogP contribution in [0.5, 0.6) is 0 Å². The first-order valence-electron chi connectivity index (χ1n) is 7.84. The van der Waals surface area contributed by atoms with Crippen molar-refractivity contribution in [2.24, 2.45) is 0 Å². The Morgan fingerprint density at radius 1 is 1.28 bits per heavy atom. The number of anilines is 1. The lowest BCUT2D eigenvalue weighted by Crippen LogP contribution is -2.27. The van der Waals surface area contributed by atoms with E-state index in [9.17, 15) is 13.8 Å². The molecule has 0 spiro atoms. The van der Waals surface area contributed by atoms with Crippen LogP contribution in [0, 0.1) is 0 Å². The third-order valence-corrected chi connectivity index (χ3v) is 5.72. The fraction of sp³-hybridized carbons (Fsp3) is 0.353. The number of rotatable bonds is 7. The zero-order valence-corrected chi connectivity index (χ0v) is 16.0. The molecule has 1 aromatic carbocycles. The highest BCUT2D eigenvalue weighted by molar-refractivity contribution is 7.85. The summed E-state index contributed by atoms with van der Waals surface area (Å²) in [5.74, 6) is -0.195. The summed E-state index contributed by atoms with van der Waals surface area (Å²) in [5, 5.41) is 2.33. The average Bonchev–Trinajstić information content (AvgIpc) is 3.07. The van der Waals surface area contributed by atoms with E-state index in [0.29, 0.717) is 33.6 Å². The van der Waals surface area contributed by atoms with Gasteiger partial charge >= 0.3 is 5.97 Å². The molecule has 0 N–H and O–H groups in total. The summed E-state index contributed by atoms with van der Waals surface area (Å²) in [6, 6.07) is 6.72. The molecule has 0 radical (unpaired) electrons. The van der Waals surface area contributed by atoms with E-state index in [4.69, 9.17) is 4.74 Å². The van der Waals surface area contributed by atoms with Gasteiger partial charge in [0.15, 0.2) is 5.13 Å². The first kappa shape index (κ1) is 19.3. The predicted molar refractivity (Wildman–Crippen MR) is 98.3 cm³/mol. The molecule has 0 saturated carbocycles. The van der Waals surface area contributed by atoms with Crippen LogP contribution in [0.25, 0.3) is 0 Å². The van der Waals surface area contributed by atoms with Crippen LogP contribution in [0.15, 0.2) is 34.5 Å². The molecule has 1 amide bonds. The van der Waals surface area contributed by atoms with Gasteiger partial charge in [0.05, 0.1) is 27.0 Å². The zero-order valence-electron chi connectivity index (χ0n) is 14.4. The van der Waals surface area contributed by atoms with Gasteiger partial charge in [-0.1, -0.05) is 19.1 Å². The Labute approximate surface area is 153 Å². The summed E-state index contributed by atoms with van der Waals surface area (Å²) < 4.78 is 17.3. The fourth-order valence-corrected chi connectivity index (χ4v) is 4.04. The van der Waals surface area contributed by atoms with Gasteiger partial charge in [-0.05, 0) is 19.1 Å². The van der Waals surface area contributed by atoms with E-state index in [1.165, 1.54) is 18.3 Å². The molecule has 25 heavy (non-hydrogen) atoms. The maximum Gasteiger partial charge on any atom is 0.339 e. The minimum atomic E-state index is -1.24. The molecule has 0 bridgehead atoms. The van der Waals surface area contributed by atoms with E-state index in [1.54, 1.807) is 41.5 Å². The number of carbonyl (C=O) groups is 2. The Bertz CT molecular complexity index is 788. The van der Waals surface area contributed by atoms with Crippen molar-refractivity contribution in [3.05, 3.63) is 40.9 Å². The van der Waals surface area contributed by atoms with E-state index in [2.05, 4.69) is 4.98 Å². The quantitative estimate of drug-likeness (QED) is 0.690. The molecule has 1 heterocycles. The van der Waals surface area contributed by atoms with Crippen LogP contribution < -0.4 is 4.90 Å². The van der Waals surface area contributed by atoms with E-state index in [0.717, 1.165) is 0 Å². The van der Waals surface area contributed by atoms with E-state index >= 15 is 0 Å². The maximum atomic E-state index is 12.3. The largest absolute Gasteiger partial charge is 0.456 e. The minimum absolute atomic E-state index is 0.00210. The van der Waals surface area contributed by atoms with Gasteiger partial charge < -0.3 is 4.74 Å². The molecule has 1 unspecified atom stereocenters. The van der Waals surface area contributed by atoms with Crippen LogP contribution in [-0.4, -0.2) is 33.4 Å². The Kier molecular flexibility index (Phi) is 6.83. The van der Waals surface area contributed by atoms with Crippen molar-refractivity contribution in [2.45, 2.75) is 32.3 Å². The van der Waals surface area contributed by atoms with Gasteiger partial charge in [0.1, 0.15) is 6.61 Å². The van der Waals surface area contributed by atoms with Crippen LogP contribution in [-0.2, 0) is 26.9 Å². The van der Waals surface area contributed by atoms with Crippen LogP contribution in [0.4, 0.5) is 5.13 Å². The number of amides is 1. The second-order valence-electron chi connectivity index (χ2n) is 5.09. The number of hydrogen-bond donors (Lipinski definition) is 0. The molecule has 6 nitrogen and oxygen atoms in total. The monoisotopic (exact) mass is 380 g/mol. The van der Waals surface area contributed by atoms with Crippen LogP contribution in [0.2, 0.25) is 0 Å². The van der Waals surface area contributed by atoms with Crippen molar-refractivity contribution in [3.63, 3.8) is 0 Å². The molecule has 0 saturated heterocycles. The standard InChI is InChI=1S/C17H20N2O4S2/c1-4-19(12(3)20)17-18-13(11-24-17)10-23-16(21)14-8-6-7-9-15(14)25(22)5-2/h6-9,11H,4-5,10H2,1-3H3. The Morgan fingerprint density at radius 2 is 2.00 bits per heavy atom. The molecule has 2 aromatic rings. The topological polar surface area (TPSA) is 76.6 Å². The van der Waals surface area contributed by atoms with Gasteiger partial charge in [-0.15, -0.1) is 11.3 Å². The van der Waals surface area contributed by atoms with Crippen LogP contribution in [0.1, 0.15) is 36.8 Å². The summed E-state index contributed by atoms with van der Waals surface area (Å²) in [6.45, 7) is 5.67. The summed E-state index contributed by atoms with van der Waals surface area (Å²) in [4.78, 5) is 30.2. The smallest absolute Gasteiger partial charge is 0.339 e. The van der Waals surface area contributed by atoms with Gasteiger partial charge in [-0.25, -0.2) is 9.78 Å². The molecule has 0 aliphatic carbocycles. The first-order chi connectivity index (χ1) is 12.0. The minimum Gasteiger partial charge on any atom is -0.456 e. The number of nitrogens with zero attached hydrogens (tertiary/aromatic N) is 2. The van der Waals surface area contributed by atoms with Gasteiger partial charge in [-0.3, -0.25) is 13.9 Å². The lowest BCUT2D eigenvalue weighted by atomic mass is 10.2.